The average Bonchev–Trinajstić information content (AvgIpc) is 2.52. The molecule has 1 aliphatic heterocycles. The molecule has 0 saturated heterocycles. The molecule has 0 radical (unpaired) electrons. The minimum Gasteiger partial charge on any atom is -0.478 e. The van der Waals surface area contributed by atoms with E-state index in [1.54, 1.807) is 0 Å². The van der Waals surface area contributed by atoms with E-state index in [1.165, 1.54) is 6.92 Å². The molecular weight excluding hydrogens is 314 g/mol. The Morgan fingerprint density at radius 2 is 1.54 bits per heavy atom. The first kappa shape index (κ1) is 17.3. The van der Waals surface area contributed by atoms with Crippen molar-refractivity contribution >= 4 is 17.9 Å². The van der Waals surface area contributed by atoms with Crippen LogP contribution in [0.3, 0.4) is 0 Å². The molecule has 24 heavy (non-hydrogen) atoms. The molecule has 1 aromatic carbocycles. The molecule has 7 heteroatoms. The van der Waals surface area contributed by atoms with Crippen LogP contribution < -0.4 is 5.32 Å². The molecule has 0 spiro atoms. The van der Waals surface area contributed by atoms with Crippen LogP contribution in [0.15, 0.2) is 52.9 Å². The summed E-state index contributed by atoms with van der Waals surface area (Å²) in [6.45, 7) is 1.43. The van der Waals surface area contributed by atoms with Crippen molar-refractivity contribution < 1.29 is 29.7 Å². The van der Waals surface area contributed by atoms with Gasteiger partial charge in [-0.05, 0) is 25.3 Å². The second-order valence-electron chi connectivity index (χ2n) is 5.44. The van der Waals surface area contributed by atoms with E-state index >= 15 is 0 Å². The Labute approximate surface area is 137 Å². The molecule has 1 aliphatic rings. The maximum absolute atomic E-state index is 11.6. The maximum Gasteiger partial charge on any atom is 0.352 e. The number of rotatable bonds is 6. The second kappa shape index (κ2) is 6.99. The Kier molecular flexibility index (Phi) is 5.03. The van der Waals surface area contributed by atoms with Crippen LogP contribution in [0.25, 0.3) is 0 Å². The Morgan fingerprint density at radius 1 is 0.958 bits per heavy atom. The second-order valence-corrected chi connectivity index (χ2v) is 5.44. The molecule has 0 aliphatic carbocycles. The largest absolute Gasteiger partial charge is 0.478 e. The van der Waals surface area contributed by atoms with Gasteiger partial charge in [0, 0.05) is 11.6 Å². The van der Waals surface area contributed by atoms with Gasteiger partial charge in [0.05, 0.1) is 11.1 Å². The van der Waals surface area contributed by atoms with Gasteiger partial charge in [-0.3, -0.25) is 0 Å². The third-order valence-electron chi connectivity index (χ3n) is 3.92. The van der Waals surface area contributed by atoms with Gasteiger partial charge in [0.1, 0.15) is 5.70 Å². The minimum atomic E-state index is -1.44. The fourth-order valence-electron chi connectivity index (χ4n) is 2.88. The molecule has 126 valence electrons. The maximum atomic E-state index is 11.6. The molecular formula is C17H17NO6. The summed E-state index contributed by atoms with van der Waals surface area (Å²) in [5.41, 5.74) is 0.0285. The van der Waals surface area contributed by atoms with Gasteiger partial charge in [-0.1, -0.05) is 30.3 Å². The van der Waals surface area contributed by atoms with E-state index < -0.39 is 35.1 Å². The summed E-state index contributed by atoms with van der Waals surface area (Å²) >= 11 is 0. The Hall–Kier alpha value is -3.09. The summed E-state index contributed by atoms with van der Waals surface area (Å²) in [7, 11) is 0. The van der Waals surface area contributed by atoms with Crippen LogP contribution >= 0.6 is 0 Å². The van der Waals surface area contributed by atoms with Gasteiger partial charge in [-0.25, -0.2) is 14.4 Å². The summed E-state index contributed by atoms with van der Waals surface area (Å²) < 4.78 is 0. The van der Waals surface area contributed by atoms with Crippen LogP contribution in [-0.4, -0.2) is 33.2 Å². The SMILES string of the molecule is CC1=C(C(=O)O)C(CCc2ccccc2)C(C(=O)O)=C(C(=O)O)N1. The highest BCUT2D eigenvalue weighted by Crippen LogP contribution is 2.33. The molecule has 0 aromatic heterocycles. The zero-order chi connectivity index (χ0) is 17.9. The van der Waals surface area contributed by atoms with Gasteiger partial charge in [0.2, 0.25) is 0 Å². The number of aliphatic carboxylic acids is 3. The standard InChI is InChI=1S/C17H17NO6/c1-9-12(15(19)20)11(8-7-10-5-3-2-4-6-10)13(16(21)22)14(18-9)17(23)24/h2-6,11,18H,7-8H2,1H3,(H,19,20)(H,21,22)(H,23,24). The van der Waals surface area contributed by atoms with Crippen LogP contribution in [0.2, 0.25) is 0 Å². The summed E-state index contributed by atoms with van der Waals surface area (Å²) in [5.74, 6) is -5.14. The highest BCUT2D eigenvalue weighted by Gasteiger charge is 2.38. The lowest BCUT2D eigenvalue weighted by atomic mass is 9.81. The van der Waals surface area contributed by atoms with Crippen molar-refractivity contribution in [2.24, 2.45) is 5.92 Å². The van der Waals surface area contributed by atoms with Crippen molar-refractivity contribution in [3.8, 4) is 0 Å². The number of carboxylic acid groups (broad SMARTS) is 3. The number of nitrogens with one attached hydrogen (secondary N) is 1. The van der Waals surface area contributed by atoms with Crippen LogP contribution in [-0.2, 0) is 20.8 Å². The smallest absolute Gasteiger partial charge is 0.352 e. The topological polar surface area (TPSA) is 124 Å². The molecule has 7 nitrogen and oxygen atoms in total. The number of carboxylic acids is 3. The van der Waals surface area contributed by atoms with Crippen molar-refractivity contribution in [2.75, 3.05) is 0 Å². The van der Waals surface area contributed by atoms with Crippen molar-refractivity contribution in [1.82, 2.24) is 5.32 Å². The van der Waals surface area contributed by atoms with E-state index in [1.807, 2.05) is 30.3 Å². The van der Waals surface area contributed by atoms with Crippen LogP contribution in [0.5, 0.6) is 0 Å². The zero-order valence-corrected chi connectivity index (χ0v) is 12.9. The van der Waals surface area contributed by atoms with E-state index in [-0.39, 0.29) is 17.7 Å². The fraction of sp³-hybridized carbons (Fsp3) is 0.235. The normalized spacial score (nSPS) is 17.5. The quantitative estimate of drug-likeness (QED) is 0.624. The van der Waals surface area contributed by atoms with Crippen LogP contribution in [0.1, 0.15) is 18.9 Å². The van der Waals surface area contributed by atoms with Gasteiger partial charge in [0.25, 0.3) is 0 Å². The lowest BCUT2D eigenvalue weighted by Gasteiger charge is -2.28. The Morgan fingerprint density at radius 3 is 2.04 bits per heavy atom. The lowest BCUT2D eigenvalue weighted by molar-refractivity contribution is -0.137. The number of dihydropyridines is 1. The molecule has 0 saturated carbocycles. The number of allylic oxidation sites excluding steroid dienone is 1. The van der Waals surface area contributed by atoms with Crippen molar-refractivity contribution in [3.05, 3.63) is 58.4 Å². The minimum absolute atomic E-state index is 0.117. The number of aryl methyl sites for hydroxylation is 1. The summed E-state index contributed by atoms with van der Waals surface area (Å²) in [6, 6.07) is 9.19. The summed E-state index contributed by atoms with van der Waals surface area (Å²) in [4.78, 5) is 34.5. The number of benzene rings is 1. The zero-order valence-electron chi connectivity index (χ0n) is 12.9. The molecule has 0 fully saturated rings. The van der Waals surface area contributed by atoms with Gasteiger partial charge < -0.3 is 20.6 Å². The Balaban J connectivity index is 2.44. The molecule has 0 bridgehead atoms. The first-order valence-electron chi connectivity index (χ1n) is 7.28. The molecule has 0 amide bonds. The fourth-order valence-corrected chi connectivity index (χ4v) is 2.88. The molecule has 1 aromatic rings. The molecule has 1 heterocycles. The van der Waals surface area contributed by atoms with E-state index in [4.69, 9.17) is 0 Å². The molecule has 1 unspecified atom stereocenters. The predicted molar refractivity (Wildman–Crippen MR) is 84.0 cm³/mol. The van der Waals surface area contributed by atoms with E-state index in [2.05, 4.69) is 5.32 Å². The molecule has 2 rings (SSSR count). The Bertz CT molecular complexity index is 748. The van der Waals surface area contributed by atoms with Gasteiger partial charge in [-0.15, -0.1) is 0 Å². The third kappa shape index (κ3) is 3.45. The number of hydrogen-bond donors (Lipinski definition) is 4. The first-order valence-corrected chi connectivity index (χ1v) is 7.28. The van der Waals surface area contributed by atoms with E-state index in [0.717, 1.165) is 5.56 Å². The third-order valence-corrected chi connectivity index (χ3v) is 3.92. The predicted octanol–water partition coefficient (Wildman–Crippen LogP) is 1.62. The highest BCUT2D eigenvalue weighted by atomic mass is 16.4. The van der Waals surface area contributed by atoms with Gasteiger partial charge in [-0.2, -0.15) is 0 Å². The highest BCUT2D eigenvalue weighted by molar-refractivity contribution is 6.03. The average molecular weight is 331 g/mol. The molecule has 4 N–H and O–H groups in total. The monoisotopic (exact) mass is 331 g/mol. The van der Waals surface area contributed by atoms with Crippen molar-refractivity contribution in [3.63, 3.8) is 0 Å². The lowest BCUT2D eigenvalue weighted by Crippen LogP contribution is -2.36. The first-order chi connectivity index (χ1) is 11.3. The van der Waals surface area contributed by atoms with Crippen molar-refractivity contribution in [2.45, 2.75) is 19.8 Å². The van der Waals surface area contributed by atoms with Gasteiger partial charge in [0.15, 0.2) is 0 Å². The number of hydrogen-bond acceptors (Lipinski definition) is 4. The van der Waals surface area contributed by atoms with Crippen LogP contribution in [0, 0.1) is 5.92 Å². The summed E-state index contributed by atoms with van der Waals surface area (Å²) in [5, 5.41) is 30.5. The summed E-state index contributed by atoms with van der Waals surface area (Å²) in [6.07, 6.45) is 0.613. The molecule has 1 atom stereocenters. The van der Waals surface area contributed by atoms with Crippen LogP contribution in [0.4, 0.5) is 0 Å². The number of carbonyl (C=O) groups is 3. The van der Waals surface area contributed by atoms with Crippen molar-refractivity contribution in [1.29, 1.82) is 0 Å². The van der Waals surface area contributed by atoms with E-state index in [0.29, 0.717) is 6.42 Å². The van der Waals surface area contributed by atoms with E-state index in [9.17, 15) is 29.7 Å². The van der Waals surface area contributed by atoms with Gasteiger partial charge >= 0.3 is 17.9 Å².